The molecule has 1 heterocycles. The minimum absolute atomic E-state index is 0.00686. The Bertz CT molecular complexity index is 714. The number of nitrogens with one attached hydrogen (secondary N) is 1. The number of ether oxygens (including phenoxy) is 2. The van der Waals surface area contributed by atoms with E-state index in [1.807, 2.05) is 0 Å². The van der Waals surface area contributed by atoms with Gasteiger partial charge < -0.3 is 19.7 Å². The van der Waals surface area contributed by atoms with Crippen LogP contribution >= 0.6 is 0 Å². The lowest BCUT2D eigenvalue weighted by Crippen LogP contribution is -2.44. The molecule has 1 aliphatic rings. The van der Waals surface area contributed by atoms with E-state index in [1.54, 1.807) is 25.7 Å². The minimum atomic E-state index is -4.72. The fraction of sp³-hybridized carbons (Fsp3) is 0.619. The normalized spacial score (nSPS) is 17.4. The summed E-state index contributed by atoms with van der Waals surface area (Å²) in [6.45, 7) is 7.06. The number of halogens is 3. The Balaban J connectivity index is 1.76. The lowest BCUT2D eigenvalue weighted by atomic mass is 9.97. The van der Waals surface area contributed by atoms with Crippen LogP contribution in [0.15, 0.2) is 24.3 Å². The van der Waals surface area contributed by atoms with Gasteiger partial charge in [0.25, 0.3) is 0 Å². The molecule has 1 fully saturated rings. The van der Waals surface area contributed by atoms with E-state index in [2.05, 4.69) is 10.1 Å². The van der Waals surface area contributed by atoms with Crippen LogP contribution in [-0.4, -0.2) is 48.5 Å². The first kappa shape index (κ1) is 23.8. The van der Waals surface area contributed by atoms with Gasteiger partial charge in [-0.25, -0.2) is 4.79 Å². The maximum atomic E-state index is 12.5. The molecule has 30 heavy (non-hydrogen) atoms. The molecule has 2 rings (SSSR count). The van der Waals surface area contributed by atoms with Crippen LogP contribution in [-0.2, 0) is 16.0 Å². The standard InChI is InChI=1S/C21H29F3N2O4/c1-20(2,3)30-19(28)25-13-16-5-4-12-26(14-16)18(27)11-8-15-6-9-17(10-7-15)29-21(22,23)24/h6-7,9-10,16H,4-5,8,11-14H2,1-3H3,(H,25,28). The lowest BCUT2D eigenvalue weighted by Gasteiger charge is -2.33. The molecule has 2 amide bonds. The largest absolute Gasteiger partial charge is 0.573 e. The molecule has 0 spiro atoms. The van der Waals surface area contributed by atoms with Gasteiger partial charge in [0.15, 0.2) is 0 Å². The molecule has 6 nitrogen and oxygen atoms in total. The zero-order valence-corrected chi connectivity index (χ0v) is 17.6. The number of alkyl carbamates (subject to hydrolysis) is 1. The molecular weight excluding hydrogens is 401 g/mol. The van der Waals surface area contributed by atoms with Gasteiger partial charge in [0, 0.05) is 26.1 Å². The number of likely N-dealkylation sites (tertiary alicyclic amines) is 1. The van der Waals surface area contributed by atoms with Crippen LogP contribution in [0.5, 0.6) is 5.75 Å². The number of aryl methyl sites for hydroxylation is 1. The summed E-state index contributed by atoms with van der Waals surface area (Å²) in [5.74, 6) is -0.129. The van der Waals surface area contributed by atoms with Gasteiger partial charge in [-0.15, -0.1) is 13.2 Å². The van der Waals surface area contributed by atoms with E-state index in [9.17, 15) is 22.8 Å². The highest BCUT2D eigenvalue weighted by molar-refractivity contribution is 5.76. The summed E-state index contributed by atoms with van der Waals surface area (Å²) in [6.07, 6.45) is -2.71. The van der Waals surface area contributed by atoms with E-state index in [1.165, 1.54) is 24.3 Å². The number of nitrogens with zero attached hydrogens (tertiary/aromatic N) is 1. The van der Waals surface area contributed by atoms with Crippen molar-refractivity contribution >= 4 is 12.0 Å². The van der Waals surface area contributed by atoms with Crippen LogP contribution in [0.2, 0.25) is 0 Å². The fourth-order valence-corrected chi connectivity index (χ4v) is 3.27. The Labute approximate surface area is 174 Å². The fourth-order valence-electron chi connectivity index (χ4n) is 3.27. The number of benzene rings is 1. The lowest BCUT2D eigenvalue weighted by molar-refractivity contribution is -0.274. The molecule has 1 unspecified atom stereocenters. The zero-order valence-electron chi connectivity index (χ0n) is 17.6. The molecule has 1 N–H and O–H groups in total. The molecule has 1 aromatic carbocycles. The highest BCUT2D eigenvalue weighted by Crippen LogP contribution is 2.23. The van der Waals surface area contributed by atoms with E-state index >= 15 is 0 Å². The summed E-state index contributed by atoms with van der Waals surface area (Å²) in [7, 11) is 0. The van der Waals surface area contributed by atoms with Crippen molar-refractivity contribution in [2.75, 3.05) is 19.6 Å². The molecule has 0 bridgehead atoms. The first-order chi connectivity index (χ1) is 13.9. The number of hydrogen-bond donors (Lipinski definition) is 1. The summed E-state index contributed by atoms with van der Waals surface area (Å²) in [5.41, 5.74) is 0.202. The number of carbonyl (C=O) groups excluding carboxylic acids is 2. The molecule has 0 aliphatic carbocycles. The molecule has 1 atom stereocenters. The van der Waals surface area contributed by atoms with Gasteiger partial charge >= 0.3 is 12.5 Å². The van der Waals surface area contributed by atoms with Crippen molar-refractivity contribution in [2.24, 2.45) is 5.92 Å². The Kier molecular flexibility index (Phi) is 7.97. The number of hydrogen-bond acceptors (Lipinski definition) is 4. The third-order valence-corrected chi connectivity index (χ3v) is 4.59. The minimum Gasteiger partial charge on any atom is -0.444 e. The topological polar surface area (TPSA) is 67.9 Å². The van der Waals surface area contributed by atoms with Crippen molar-refractivity contribution in [3.63, 3.8) is 0 Å². The average molecular weight is 430 g/mol. The van der Waals surface area contributed by atoms with Crippen molar-refractivity contribution in [1.82, 2.24) is 10.2 Å². The predicted molar refractivity (Wildman–Crippen MR) is 105 cm³/mol. The molecule has 0 radical (unpaired) electrons. The van der Waals surface area contributed by atoms with Crippen LogP contribution in [0.1, 0.15) is 45.6 Å². The average Bonchev–Trinajstić information content (AvgIpc) is 2.63. The molecule has 9 heteroatoms. The number of alkyl halides is 3. The van der Waals surface area contributed by atoms with Crippen LogP contribution in [0.25, 0.3) is 0 Å². The smallest absolute Gasteiger partial charge is 0.444 e. The van der Waals surface area contributed by atoms with Crippen molar-refractivity contribution in [1.29, 1.82) is 0 Å². The molecular formula is C21H29F3N2O4. The summed E-state index contributed by atoms with van der Waals surface area (Å²) in [4.78, 5) is 26.1. The van der Waals surface area contributed by atoms with Crippen LogP contribution in [0, 0.1) is 5.92 Å². The van der Waals surface area contributed by atoms with E-state index in [0.29, 0.717) is 26.1 Å². The highest BCUT2D eigenvalue weighted by atomic mass is 19.4. The Morgan fingerprint density at radius 2 is 1.83 bits per heavy atom. The second kappa shape index (κ2) is 10.0. The van der Waals surface area contributed by atoms with Gasteiger partial charge in [0.2, 0.25) is 5.91 Å². The highest BCUT2D eigenvalue weighted by Gasteiger charge is 2.31. The predicted octanol–water partition coefficient (Wildman–Crippen LogP) is 4.28. The maximum Gasteiger partial charge on any atom is 0.573 e. The monoisotopic (exact) mass is 430 g/mol. The third kappa shape index (κ3) is 8.92. The van der Waals surface area contributed by atoms with Gasteiger partial charge in [-0.3, -0.25) is 4.79 Å². The van der Waals surface area contributed by atoms with E-state index in [-0.39, 0.29) is 24.0 Å². The quantitative estimate of drug-likeness (QED) is 0.732. The Hall–Kier alpha value is -2.45. The third-order valence-electron chi connectivity index (χ3n) is 4.59. The summed E-state index contributed by atoms with van der Waals surface area (Å²) < 4.78 is 45.7. The first-order valence-electron chi connectivity index (χ1n) is 10.0. The van der Waals surface area contributed by atoms with Crippen LogP contribution in [0.3, 0.4) is 0 Å². The van der Waals surface area contributed by atoms with E-state index in [0.717, 1.165) is 18.4 Å². The number of piperidine rings is 1. The zero-order chi connectivity index (χ0) is 22.4. The molecule has 1 aliphatic heterocycles. The molecule has 1 aromatic rings. The maximum absolute atomic E-state index is 12.5. The number of carbonyl (C=O) groups is 2. The van der Waals surface area contributed by atoms with Gasteiger partial charge in [-0.05, 0) is 63.6 Å². The Morgan fingerprint density at radius 3 is 2.43 bits per heavy atom. The molecule has 1 saturated heterocycles. The van der Waals surface area contributed by atoms with Crippen molar-refractivity contribution in [3.05, 3.63) is 29.8 Å². The first-order valence-corrected chi connectivity index (χ1v) is 10.0. The second-order valence-corrected chi connectivity index (χ2v) is 8.42. The van der Waals surface area contributed by atoms with Crippen LogP contribution in [0.4, 0.5) is 18.0 Å². The van der Waals surface area contributed by atoms with Gasteiger partial charge in [0.1, 0.15) is 11.4 Å². The van der Waals surface area contributed by atoms with Crippen LogP contribution < -0.4 is 10.1 Å². The van der Waals surface area contributed by atoms with Gasteiger partial charge in [-0.2, -0.15) is 0 Å². The van der Waals surface area contributed by atoms with E-state index in [4.69, 9.17) is 4.74 Å². The molecule has 0 saturated carbocycles. The van der Waals surface area contributed by atoms with Crippen molar-refractivity contribution < 1.29 is 32.2 Å². The Morgan fingerprint density at radius 1 is 1.17 bits per heavy atom. The van der Waals surface area contributed by atoms with E-state index < -0.39 is 18.1 Å². The summed E-state index contributed by atoms with van der Waals surface area (Å²) >= 11 is 0. The summed E-state index contributed by atoms with van der Waals surface area (Å²) in [5, 5.41) is 2.76. The van der Waals surface area contributed by atoms with Gasteiger partial charge in [0.05, 0.1) is 0 Å². The number of amides is 2. The summed E-state index contributed by atoms with van der Waals surface area (Å²) in [6, 6.07) is 5.54. The van der Waals surface area contributed by atoms with Crippen molar-refractivity contribution in [3.8, 4) is 5.75 Å². The second-order valence-electron chi connectivity index (χ2n) is 8.42. The van der Waals surface area contributed by atoms with Gasteiger partial charge in [-0.1, -0.05) is 12.1 Å². The molecule has 0 aromatic heterocycles. The molecule has 168 valence electrons. The van der Waals surface area contributed by atoms with Crippen molar-refractivity contribution in [2.45, 2.75) is 58.4 Å². The SMILES string of the molecule is CC(C)(C)OC(=O)NCC1CCCN(C(=O)CCc2ccc(OC(F)(F)F)cc2)C1. The number of rotatable bonds is 6.